The van der Waals surface area contributed by atoms with E-state index >= 15 is 0 Å². The van der Waals surface area contributed by atoms with Crippen LogP contribution in [0.3, 0.4) is 0 Å². The third-order valence-corrected chi connectivity index (χ3v) is 3.44. The van der Waals surface area contributed by atoms with Crippen molar-refractivity contribution in [1.82, 2.24) is 4.98 Å². The fourth-order valence-corrected chi connectivity index (χ4v) is 2.11. The zero-order valence-corrected chi connectivity index (χ0v) is 10.4. The highest BCUT2D eigenvalue weighted by Crippen LogP contribution is 2.31. The van der Waals surface area contributed by atoms with Crippen molar-refractivity contribution in [3.8, 4) is 0 Å². The van der Waals surface area contributed by atoms with Gasteiger partial charge in [-0.2, -0.15) is 0 Å². The van der Waals surface area contributed by atoms with E-state index in [2.05, 4.69) is 20.9 Å². The first-order valence-corrected chi connectivity index (χ1v) is 5.55. The first-order chi connectivity index (χ1) is 6.58. The average Bonchev–Trinajstić information content (AvgIpc) is 2.08. The Labute approximate surface area is 100 Å². The molecule has 0 atom stereocenters. The van der Waals surface area contributed by atoms with Crippen molar-refractivity contribution < 1.29 is 0 Å². The summed E-state index contributed by atoms with van der Waals surface area (Å²) >= 11 is 15.4. The third kappa shape index (κ3) is 1.74. The maximum absolute atomic E-state index is 6.08. The van der Waals surface area contributed by atoms with Crippen LogP contribution in [0, 0.1) is 6.92 Å². The number of aryl methyl sites for hydroxylation is 1. The van der Waals surface area contributed by atoms with Crippen LogP contribution >= 0.6 is 39.1 Å². The molecule has 0 radical (unpaired) electrons. The first kappa shape index (κ1) is 10.2. The Morgan fingerprint density at radius 1 is 1.14 bits per heavy atom. The lowest BCUT2D eigenvalue weighted by molar-refractivity contribution is 1.25. The Morgan fingerprint density at radius 2 is 1.86 bits per heavy atom. The summed E-state index contributed by atoms with van der Waals surface area (Å²) in [6.45, 7) is 1.90. The van der Waals surface area contributed by atoms with Crippen molar-refractivity contribution in [2.75, 3.05) is 0 Å². The van der Waals surface area contributed by atoms with Gasteiger partial charge in [0.05, 0.1) is 15.6 Å². The highest BCUT2D eigenvalue weighted by atomic mass is 79.9. The monoisotopic (exact) mass is 289 g/mol. The van der Waals surface area contributed by atoms with Gasteiger partial charge in [-0.1, -0.05) is 23.2 Å². The van der Waals surface area contributed by atoms with Gasteiger partial charge in [0.2, 0.25) is 0 Å². The van der Waals surface area contributed by atoms with Crippen molar-refractivity contribution in [3.05, 3.63) is 38.4 Å². The van der Waals surface area contributed by atoms with Gasteiger partial charge in [-0.05, 0) is 41.1 Å². The molecular formula is C10H6BrCl2N. The van der Waals surface area contributed by atoms with Crippen LogP contribution in [0.15, 0.2) is 22.7 Å². The van der Waals surface area contributed by atoms with E-state index in [1.165, 1.54) is 0 Å². The van der Waals surface area contributed by atoms with Crippen molar-refractivity contribution in [1.29, 1.82) is 0 Å². The lowest BCUT2D eigenvalue weighted by Gasteiger charge is -2.03. The van der Waals surface area contributed by atoms with Crippen molar-refractivity contribution >= 4 is 50.0 Å². The fraction of sp³-hybridized carbons (Fsp3) is 0.100. The second kappa shape index (κ2) is 3.69. The average molecular weight is 291 g/mol. The summed E-state index contributed by atoms with van der Waals surface area (Å²) < 4.78 is 0.833. The summed E-state index contributed by atoms with van der Waals surface area (Å²) in [6, 6.07) is 5.52. The summed E-state index contributed by atoms with van der Waals surface area (Å²) in [4.78, 5) is 4.35. The predicted molar refractivity (Wildman–Crippen MR) is 64.2 cm³/mol. The third-order valence-electron chi connectivity index (χ3n) is 1.93. The molecule has 0 aliphatic rings. The minimum atomic E-state index is 0.645. The lowest BCUT2D eigenvalue weighted by Crippen LogP contribution is -1.85. The smallest absolute Gasteiger partial charge is 0.0735 e. The lowest BCUT2D eigenvalue weighted by atomic mass is 10.2. The Hall–Kier alpha value is -0.310. The first-order valence-electron chi connectivity index (χ1n) is 4.00. The van der Waals surface area contributed by atoms with Crippen molar-refractivity contribution in [2.45, 2.75) is 6.92 Å². The molecule has 4 heteroatoms. The number of benzene rings is 1. The molecule has 0 saturated heterocycles. The largest absolute Gasteiger partial charge is 0.253 e. The number of halogens is 3. The SMILES string of the molecule is Cc1cc(Cl)c2cc(Br)c(Cl)cc2n1. The van der Waals surface area contributed by atoms with E-state index in [0.29, 0.717) is 10.0 Å². The molecule has 0 bridgehead atoms. The maximum Gasteiger partial charge on any atom is 0.0735 e. The molecule has 0 aliphatic heterocycles. The normalized spacial score (nSPS) is 10.9. The topological polar surface area (TPSA) is 12.9 Å². The van der Waals surface area contributed by atoms with E-state index < -0.39 is 0 Å². The van der Waals surface area contributed by atoms with Crippen molar-refractivity contribution in [3.63, 3.8) is 0 Å². The predicted octanol–water partition coefficient (Wildman–Crippen LogP) is 4.61. The van der Waals surface area contributed by atoms with Crippen LogP contribution in [0.5, 0.6) is 0 Å². The minimum absolute atomic E-state index is 0.645. The molecule has 1 aromatic carbocycles. The summed E-state index contributed by atoms with van der Waals surface area (Å²) in [5, 5.41) is 2.25. The van der Waals surface area contributed by atoms with Crippen LogP contribution in [-0.4, -0.2) is 4.98 Å². The van der Waals surface area contributed by atoms with E-state index in [1.54, 1.807) is 6.07 Å². The molecule has 0 fully saturated rings. The van der Waals surface area contributed by atoms with Gasteiger partial charge in [-0.25, -0.2) is 0 Å². The Bertz CT molecular complexity index is 511. The van der Waals surface area contributed by atoms with Crippen LogP contribution in [0.2, 0.25) is 10.0 Å². The van der Waals surface area contributed by atoms with Gasteiger partial charge in [0.25, 0.3) is 0 Å². The molecule has 1 aromatic heterocycles. The molecule has 0 spiro atoms. The van der Waals surface area contributed by atoms with Crippen LogP contribution in [0.25, 0.3) is 10.9 Å². The minimum Gasteiger partial charge on any atom is -0.253 e. The molecule has 2 aromatic rings. The molecule has 0 unspecified atom stereocenters. The molecular weight excluding hydrogens is 285 g/mol. The molecule has 0 saturated carbocycles. The van der Waals surface area contributed by atoms with E-state index in [4.69, 9.17) is 23.2 Å². The quantitative estimate of drug-likeness (QED) is 0.690. The van der Waals surface area contributed by atoms with E-state index in [-0.39, 0.29) is 0 Å². The van der Waals surface area contributed by atoms with Crippen molar-refractivity contribution in [2.24, 2.45) is 0 Å². The molecule has 1 heterocycles. The summed E-state index contributed by atoms with van der Waals surface area (Å²) in [5.74, 6) is 0. The van der Waals surface area contributed by atoms with Gasteiger partial charge < -0.3 is 0 Å². The summed E-state index contributed by atoms with van der Waals surface area (Å²) in [6.07, 6.45) is 0. The Morgan fingerprint density at radius 3 is 2.57 bits per heavy atom. The molecule has 2 rings (SSSR count). The van der Waals surface area contributed by atoms with Gasteiger partial charge in [0.15, 0.2) is 0 Å². The van der Waals surface area contributed by atoms with Gasteiger partial charge in [-0.15, -0.1) is 0 Å². The number of aromatic nitrogens is 1. The van der Waals surface area contributed by atoms with Gasteiger partial charge >= 0.3 is 0 Å². The molecule has 0 N–H and O–H groups in total. The number of rotatable bonds is 0. The van der Waals surface area contributed by atoms with Crippen LogP contribution in [0.4, 0.5) is 0 Å². The Kier molecular flexibility index (Phi) is 2.69. The van der Waals surface area contributed by atoms with E-state index in [1.807, 2.05) is 19.1 Å². The zero-order valence-electron chi connectivity index (χ0n) is 7.31. The van der Waals surface area contributed by atoms with Crippen LogP contribution < -0.4 is 0 Å². The van der Waals surface area contributed by atoms with Crippen LogP contribution in [-0.2, 0) is 0 Å². The number of fused-ring (bicyclic) bond motifs is 1. The second-order valence-corrected chi connectivity index (χ2v) is 4.70. The number of hydrogen-bond donors (Lipinski definition) is 0. The molecule has 72 valence electrons. The molecule has 0 amide bonds. The van der Waals surface area contributed by atoms with Gasteiger partial charge in [0, 0.05) is 15.6 Å². The van der Waals surface area contributed by atoms with Gasteiger partial charge in [0.1, 0.15) is 0 Å². The van der Waals surface area contributed by atoms with E-state index in [9.17, 15) is 0 Å². The number of hydrogen-bond acceptors (Lipinski definition) is 1. The Balaban J connectivity index is 2.89. The summed E-state index contributed by atoms with van der Waals surface area (Å²) in [5.41, 5.74) is 1.71. The van der Waals surface area contributed by atoms with Crippen LogP contribution in [0.1, 0.15) is 5.69 Å². The van der Waals surface area contributed by atoms with E-state index in [0.717, 1.165) is 21.1 Å². The zero-order chi connectivity index (χ0) is 10.3. The standard InChI is InChI=1S/C10H6BrCl2N/c1-5-2-8(12)6-3-7(11)9(13)4-10(6)14-5/h2-4H,1H3. The summed E-state index contributed by atoms with van der Waals surface area (Å²) in [7, 11) is 0. The highest BCUT2D eigenvalue weighted by Gasteiger charge is 2.05. The van der Waals surface area contributed by atoms with Gasteiger partial charge in [-0.3, -0.25) is 4.98 Å². The molecule has 0 aliphatic carbocycles. The maximum atomic E-state index is 6.08. The number of pyridine rings is 1. The number of nitrogens with zero attached hydrogens (tertiary/aromatic N) is 1. The highest BCUT2D eigenvalue weighted by molar-refractivity contribution is 9.10. The second-order valence-electron chi connectivity index (χ2n) is 3.03. The fourth-order valence-electron chi connectivity index (χ4n) is 1.30. The molecule has 14 heavy (non-hydrogen) atoms. The molecule has 1 nitrogen and oxygen atoms in total.